The van der Waals surface area contributed by atoms with Crippen LogP contribution in [0, 0.1) is 0 Å². The number of carbonyl (C=O) groups is 1. The normalized spacial score (nSPS) is 10.7. The van der Waals surface area contributed by atoms with Crippen LogP contribution in [0.5, 0.6) is 5.75 Å². The Morgan fingerprint density at radius 1 is 1.47 bits per heavy atom. The van der Waals surface area contributed by atoms with E-state index in [-0.39, 0.29) is 37.0 Å². The molecule has 0 unspecified atom stereocenters. The molecule has 0 aliphatic heterocycles. The van der Waals surface area contributed by atoms with Crippen LogP contribution in [0.1, 0.15) is 5.69 Å². The van der Waals surface area contributed by atoms with Crippen LogP contribution in [0.25, 0.3) is 0 Å². The first-order valence-electron chi connectivity index (χ1n) is 3.72. The van der Waals surface area contributed by atoms with Crippen molar-refractivity contribution < 1.29 is 15.0 Å². The summed E-state index contributed by atoms with van der Waals surface area (Å²) in [4.78, 5) is 14.2. The van der Waals surface area contributed by atoms with Crippen LogP contribution < -0.4 is 5.73 Å². The van der Waals surface area contributed by atoms with E-state index in [0.717, 1.165) is 0 Å². The van der Waals surface area contributed by atoms with Gasteiger partial charge in [0.1, 0.15) is 11.8 Å². The topological polar surface area (TPSA) is 96.4 Å². The molecule has 0 amide bonds. The SMILES string of the molecule is Cl.Cl.N[C@@H](Cc1ccc(O)cn1)C(=O)O. The molecule has 1 aromatic heterocycles. The maximum atomic E-state index is 10.4. The van der Waals surface area contributed by atoms with Gasteiger partial charge in [0.2, 0.25) is 0 Å². The van der Waals surface area contributed by atoms with Crippen molar-refractivity contribution in [1.82, 2.24) is 4.98 Å². The van der Waals surface area contributed by atoms with Gasteiger partial charge in [0.05, 0.1) is 6.20 Å². The average molecular weight is 255 g/mol. The van der Waals surface area contributed by atoms with Crippen LogP contribution in [0.3, 0.4) is 0 Å². The smallest absolute Gasteiger partial charge is 0.320 e. The van der Waals surface area contributed by atoms with E-state index in [1.54, 1.807) is 0 Å². The number of halogens is 2. The van der Waals surface area contributed by atoms with Crippen molar-refractivity contribution in [2.45, 2.75) is 12.5 Å². The Balaban J connectivity index is 0. The van der Waals surface area contributed by atoms with Crippen LogP contribution in [0.4, 0.5) is 0 Å². The lowest BCUT2D eigenvalue weighted by Crippen LogP contribution is -2.32. The molecule has 1 heterocycles. The van der Waals surface area contributed by atoms with Gasteiger partial charge in [-0.3, -0.25) is 9.78 Å². The molecule has 86 valence electrons. The second-order valence-electron chi connectivity index (χ2n) is 2.66. The highest BCUT2D eigenvalue weighted by Crippen LogP contribution is 2.06. The molecule has 1 rings (SSSR count). The van der Waals surface area contributed by atoms with Gasteiger partial charge >= 0.3 is 5.97 Å². The van der Waals surface area contributed by atoms with E-state index < -0.39 is 12.0 Å². The van der Waals surface area contributed by atoms with Crippen molar-refractivity contribution in [3.63, 3.8) is 0 Å². The molecule has 0 aromatic carbocycles. The van der Waals surface area contributed by atoms with Crippen LogP contribution in [0.2, 0.25) is 0 Å². The minimum Gasteiger partial charge on any atom is -0.506 e. The summed E-state index contributed by atoms with van der Waals surface area (Å²) in [6.45, 7) is 0. The minimum absolute atomic E-state index is 0. The highest BCUT2D eigenvalue weighted by molar-refractivity contribution is 5.85. The van der Waals surface area contributed by atoms with Crippen molar-refractivity contribution in [3.05, 3.63) is 24.0 Å². The Morgan fingerprint density at radius 3 is 2.47 bits per heavy atom. The van der Waals surface area contributed by atoms with Gasteiger partial charge in [0.15, 0.2) is 0 Å². The molecule has 0 aliphatic carbocycles. The molecular weight excluding hydrogens is 243 g/mol. The first kappa shape index (κ1) is 16.4. The molecule has 0 saturated carbocycles. The summed E-state index contributed by atoms with van der Waals surface area (Å²) in [5, 5.41) is 17.4. The molecule has 0 saturated heterocycles. The zero-order valence-electron chi connectivity index (χ0n) is 7.66. The Hall–Kier alpha value is -1.04. The second-order valence-corrected chi connectivity index (χ2v) is 2.66. The highest BCUT2D eigenvalue weighted by Gasteiger charge is 2.12. The number of aliphatic carboxylic acids is 1. The number of hydrogen-bond donors (Lipinski definition) is 3. The molecule has 7 heteroatoms. The lowest BCUT2D eigenvalue weighted by atomic mass is 10.1. The van der Waals surface area contributed by atoms with Gasteiger partial charge in [0, 0.05) is 12.1 Å². The predicted octanol–water partition coefficient (Wildman–Crippen LogP) is 0.585. The Labute approximate surface area is 99.1 Å². The van der Waals surface area contributed by atoms with Gasteiger partial charge in [-0.15, -0.1) is 24.8 Å². The van der Waals surface area contributed by atoms with Gasteiger partial charge in [-0.1, -0.05) is 0 Å². The number of carboxylic acid groups (broad SMARTS) is 1. The first-order valence-corrected chi connectivity index (χ1v) is 3.72. The largest absolute Gasteiger partial charge is 0.506 e. The molecule has 5 nitrogen and oxygen atoms in total. The molecule has 15 heavy (non-hydrogen) atoms. The van der Waals surface area contributed by atoms with E-state index in [1.807, 2.05) is 0 Å². The molecule has 0 aliphatic rings. The number of hydrogen-bond acceptors (Lipinski definition) is 4. The van der Waals surface area contributed by atoms with E-state index >= 15 is 0 Å². The van der Waals surface area contributed by atoms with E-state index in [1.165, 1.54) is 18.3 Å². The number of aromatic nitrogens is 1. The summed E-state index contributed by atoms with van der Waals surface area (Å²) < 4.78 is 0. The summed E-state index contributed by atoms with van der Waals surface area (Å²) in [5.41, 5.74) is 5.83. The Morgan fingerprint density at radius 2 is 2.07 bits per heavy atom. The van der Waals surface area contributed by atoms with E-state index in [4.69, 9.17) is 15.9 Å². The third-order valence-electron chi connectivity index (χ3n) is 1.56. The van der Waals surface area contributed by atoms with Crippen LogP contribution >= 0.6 is 24.8 Å². The molecule has 0 fully saturated rings. The fourth-order valence-electron chi connectivity index (χ4n) is 0.850. The number of nitrogens with two attached hydrogens (primary N) is 1. The molecule has 4 N–H and O–H groups in total. The van der Waals surface area contributed by atoms with Crippen LogP contribution in [-0.2, 0) is 11.2 Å². The summed E-state index contributed by atoms with van der Waals surface area (Å²) in [7, 11) is 0. The summed E-state index contributed by atoms with van der Waals surface area (Å²) in [6, 6.07) is 2.03. The maximum absolute atomic E-state index is 10.4. The number of nitrogens with zero attached hydrogens (tertiary/aromatic N) is 1. The third-order valence-corrected chi connectivity index (χ3v) is 1.56. The van der Waals surface area contributed by atoms with Crippen molar-refractivity contribution in [2.75, 3.05) is 0 Å². The molecule has 0 spiro atoms. The summed E-state index contributed by atoms with van der Waals surface area (Å²) in [6.07, 6.45) is 1.42. The zero-order valence-corrected chi connectivity index (χ0v) is 9.29. The monoisotopic (exact) mass is 254 g/mol. The predicted molar refractivity (Wildman–Crippen MR) is 59.7 cm³/mol. The molecular formula is C8H12Cl2N2O3. The molecule has 1 aromatic rings. The lowest BCUT2D eigenvalue weighted by Gasteiger charge is -2.04. The minimum atomic E-state index is -1.06. The quantitative estimate of drug-likeness (QED) is 0.734. The molecule has 0 radical (unpaired) electrons. The Bertz CT molecular complexity index is 305. The first-order chi connectivity index (χ1) is 6.09. The highest BCUT2D eigenvalue weighted by atomic mass is 35.5. The number of aromatic hydroxyl groups is 1. The average Bonchev–Trinajstić information content (AvgIpc) is 2.08. The van der Waals surface area contributed by atoms with E-state index in [9.17, 15) is 4.79 Å². The lowest BCUT2D eigenvalue weighted by molar-refractivity contribution is -0.138. The third kappa shape index (κ3) is 5.41. The standard InChI is InChI=1S/C8H10N2O3.2ClH/c9-7(8(12)13)3-5-1-2-6(11)4-10-5;;/h1-2,4,7,11H,3,9H2,(H,12,13);2*1H/t7-;;/m0../s1. The summed E-state index contributed by atoms with van der Waals surface area (Å²) >= 11 is 0. The van der Waals surface area contributed by atoms with Gasteiger partial charge < -0.3 is 15.9 Å². The van der Waals surface area contributed by atoms with E-state index in [2.05, 4.69) is 4.98 Å². The molecule has 1 atom stereocenters. The van der Waals surface area contributed by atoms with Gasteiger partial charge in [-0.05, 0) is 12.1 Å². The van der Waals surface area contributed by atoms with Gasteiger partial charge in [-0.2, -0.15) is 0 Å². The van der Waals surface area contributed by atoms with Crippen LogP contribution in [0.15, 0.2) is 18.3 Å². The van der Waals surface area contributed by atoms with Crippen molar-refractivity contribution >= 4 is 30.8 Å². The van der Waals surface area contributed by atoms with Crippen LogP contribution in [-0.4, -0.2) is 27.2 Å². The second kappa shape index (κ2) is 7.28. The number of rotatable bonds is 3. The summed E-state index contributed by atoms with van der Waals surface area (Å²) in [5.74, 6) is -1.01. The van der Waals surface area contributed by atoms with E-state index in [0.29, 0.717) is 5.69 Å². The number of pyridine rings is 1. The van der Waals surface area contributed by atoms with Gasteiger partial charge in [-0.25, -0.2) is 0 Å². The fourth-order valence-corrected chi connectivity index (χ4v) is 0.850. The number of carboxylic acids is 1. The fraction of sp³-hybridized carbons (Fsp3) is 0.250. The van der Waals surface area contributed by atoms with Gasteiger partial charge in [0.25, 0.3) is 0 Å². The Kier molecular flexibility index (Phi) is 7.95. The maximum Gasteiger partial charge on any atom is 0.320 e. The van der Waals surface area contributed by atoms with Crippen molar-refractivity contribution in [3.8, 4) is 5.75 Å². The molecule has 0 bridgehead atoms. The van der Waals surface area contributed by atoms with Crippen molar-refractivity contribution in [2.24, 2.45) is 5.73 Å². The van der Waals surface area contributed by atoms with Crippen molar-refractivity contribution in [1.29, 1.82) is 0 Å². The zero-order chi connectivity index (χ0) is 9.84.